The van der Waals surface area contributed by atoms with E-state index >= 15 is 0 Å². The molecule has 2 nitrogen and oxygen atoms in total. The molecule has 2 aromatic rings. The summed E-state index contributed by atoms with van der Waals surface area (Å²) >= 11 is 0. The molecule has 0 aliphatic heterocycles. The first-order chi connectivity index (χ1) is 9.70. The fraction of sp³-hybridized carbons (Fsp3) is 0.278. The number of hydrogen-bond donors (Lipinski definition) is 0. The van der Waals surface area contributed by atoms with Crippen LogP contribution in [0.3, 0.4) is 0 Å². The molecule has 0 atom stereocenters. The minimum atomic E-state index is 0.541. The van der Waals surface area contributed by atoms with Gasteiger partial charge in [0.05, 0.1) is 12.5 Å². The Morgan fingerprint density at radius 2 is 1.80 bits per heavy atom. The molecule has 2 aromatic carbocycles. The molecule has 20 heavy (non-hydrogen) atoms. The molecule has 0 N–H and O–H groups in total. The third-order valence-electron chi connectivity index (χ3n) is 3.48. The Balaban J connectivity index is 2.24. The Morgan fingerprint density at radius 1 is 1.05 bits per heavy atom. The summed E-state index contributed by atoms with van der Waals surface area (Å²) in [6.45, 7) is 5.86. The zero-order valence-corrected chi connectivity index (χ0v) is 12.1. The van der Waals surface area contributed by atoms with Crippen LogP contribution >= 0.6 is 0 Å². The highest BCUT2D eigenvalue weighted by Crippen LogP contribution is 2.19. The topological polar surface area (TPSA) is 27.0 Å². The standard InChI is InChI=1S/C18H20N2/c1-15-9-10-16(2)17(13-15)14-20(12-6-11-19)18-7-4-3-5-8-18/h3-5,7-10,13H,6,12,14H2,1-2H3. The molecule has 0 aromatic heterocycles. The van der Waals surface area contributed by atoms with Gasteiger partial charge in [-0.05, 0) is 37.1 Å². The molecular formula is C18H20N2. The lowest BCUT2D eigenvalue weighted by Gasteiger charge is -2.25. The van der Waals surface area contributed by atoms with Gasteiger partial charge in [-0.1, -0.05) is 42.0 Å². The maximum atomic E-state index is 8.85. The monoisotopic (exact) mass is 264 g/mol. The molecule has 0 spiro atoms. The lowest BCUT2D eigenvalue weighted by molar-refractivity contribution is 0.794. The molecule has 0 amide bonds. The van der Waals surface area contributed by atoms with Gasteiger partial charge >= 0.3 is 0 Å². The average Bonchev–Trinajstić information content (AvgIpc) is 2.48. The van der Waals surface area contributed by atoms with E-state index in [1.54, 1.807) is 0 Å². The molecule has 2 heteroatoms. The van der Waals surface area contributed by atoms with Crippen molar-refractivity contribution in [2.75, 3.05) is 11.4 Å². The van der Waals surface area contributed by atoms with Gasteiger partial charge in [0.1, 0.15) is 0 Å². The van der Waals surface area contributed by atoms with Crippen LogP contribution in [0.2, 0.25) is 0 Å². The second-order valence-electron chi connectivity index (χ2n) is 5.10. The Bertz CT molecular complexity index is 597. The fourth-order valence-electron chi connectivity index (χ4n) is 2.30. The van der Waals surface area contributed by atoms with Gasteiger partial charge in [0, 0.05) is 18.8 Å². The smallest absolute Gasteiger partial charge is 0.0640 e. The van der Waals surface area contributed by atoms with Crippen molar-refractivity contribution in [3.8, 4) is 6.07 Å². The molecule has 0 aliphatic rings. The van der Waals surface area contributed by atoms with Crippen molar-refractivity contribution >= 4 is 5.69 Å². The van der Waals surface area contributed by atoms with Crippen molar-refractivity contribution in [2.24, 2.45) is 0 Å². The number of nitriles is 1. The van der Waals surface area contributed by atoms with Crippen LogP contribution in [0.15, 0.2) is 48.5 Å². The predicted octanol–water partition coefficient (Wildman–Crippen LogP) is 4.22. The number of hydrogen-bond acceptors (Lipinski definition) is 2. The highest BCUT2D eigenvalue weighted by atomic mass is 15.1. The Morgan fingerprint density at radius 3 is 2.50 bits per heavy atom. The molecule has 0 aliphatic carbocycles. The third kappa shape index (κ3) is 3.61. The Labute approximate surface area is 121 Å². The maximum Gasteiger partial charge on any atom is 0.0640 e. The van der Waals surface area contributed by atoms with Crippen LogP contribution in [0.25, 0.3) is 0 Å². The van der Waals surface area contributed by atoms with Crippen LogP contribution in [-0.4, -0.2) is 6.54 Å². The van der Waals surface area contributed by atoms with E-state index in [1.165, 1.54) is 22.4 Å². The number of benzene rings is 2. The minimum absolute atomic E-state index is 0.541. The number of aryl methyl sites for hydroxylation is 2. The highest BCUT2D eigenvalue weighted by molar-refractivity contribution is 5.47. The van der Waals surface area contributed by atoms with Gasteiger partial charge in [-0.15, -0.1) is 0 Å². The van der Waals surface area contributed by atoms with E-state index in [1.807, 2.05) is 18.2 Å². The molecule has 0 heterocycles. The van der Waals surface area contributed by atoms with Crippen LogP contribution in [0.5, 0.6) is 0 Å². The number of rotatable bonds is 5. The van der Waals surface area contributed by atoms with Gasteiger partial charge in [0.25, 0.3) is 0 Å². The first-order valence-corrected chi connectivity index (χ1v) is 6.94. The van der Waals surface area contributed by atoms with E-state index in [9.17, 15) is 0 Å². The molecule has 0 fully saturated rings. The van der Waals surface area contributed by atoms with Crippen molar-refractivity contribution in [3.05, 3.63) is 65.2 Å². The van der Waals surface area contributed by atoms with Crippen LogP contribution < -0.4 is 4.90 Å². The average molecular weight is 264 g/mol. The largest absolute Gasteiger partial charge is 0.366 e. The van der Waals surface area contributed by atoms with Gasteiger partial charge < -0.3 is 4.90 Å². The van der Waals surface area contributed by atoms with Crippen molar-refractivity contribution < 1.29 is 0 Å². The lowest BCUT2D eigenvalue weighted by atomic mass is 10.0. The molecule has 0 radical (unpaired) electrons. The summed E-state index contributed by atoms with van der Waals surface area (Å²) in [5, 5.41) is 8.85. The molecule has 102 valence electrons. The van der Waals surface area contributed by atoms with Crippen LogP contribution in [-0.2, 0) is 6.54 Å². The van der Waals surface area contributed by atoms with E-state index in [-0.39, 0.29) is 0 Å². The van der Waals surface area contributed by atoms with Gasteiger partial charge in [0.15, 0.2) is 0 Å². The summed E-state index contributed by atoms with van der Waals surface area (Å²) in [5.74, 6) is 0. The summed E-state index contributed by atoms with van der Waals surface area (Å²) in [7, 11) is 0. The first-order valence-electron chi connectivity index (χ1n) is 6.94. The normalized spacial score (nSPS) is 10.1. The van der Waals surface area contributed by atoms with E-state index in [4.69, 9.17) is 5.26 Å². The van der Waals surface area contributed by atoms with Crippen LogP contribution in [0.1, 0.15) is 23.1 Å². The van der Waals surface area contributed by atoms with Gasteiger partial charge in [-0.3, -0.25) is 0 Å². The second-order valence-corrected chi connectivity index (χ2v) is 5.10. The molecule has 0 bridgehead atoms. The number of para-hydroxylation sites is 1. The van der Waals surface area contributed by atoms with Gasteiger partial charge in [-0.25, -0.2) is 0 Å². The molecule has 2 rings (SSSR count). The quantitative estimate of drug-likeness (QED) is 0.808. The van der Waals surface area contributed by atoms with E-state index in [0.29, 0.717) is 6.42 Å². The maximum absolute atomic E-state index is 8.85. The van der Waals surface area contributed by atoms with Crippen LogP contribution in [0.4, 0.5) is 5.69 Å². The van der Waals surface area contributed by atoms with Crippen LogP contribution in [0, 0.1) is 25.2 Å². The zero-order valence-electron chi connectivity index (χ0n) is 12.1. The van der Waals surface area contributed by atoms with Crippen molar-refractivity contribution in [1.29, 1.82) is 5.26 Å². The predicted molar refractivity (Wildman–Crippen MR) is 83.6 cm³/mol. The minimum Gasteiger partial charge on any atom is -0.366 e. The summed E-state index contributed by atoms with van der Waals surface area (Å²) in [4.78, 5) is 2.27. The van der Waals surface area contributed by atoms with E-state index < -0.39 is 0 Å². The first kappa shape index (κ1) is 14.1. The molecule has 0 saturated heterocycles. The van der Waals surface area contributed by atoms with Crippen molar-refractivity contribution in [1.82, 2.24) is 0 Å². The lowest BCUT2D eigenvalue weighted by Crippen LogP contribution is -2.24. The SMILES string of the molecule is Cc1ccc(C)c(CN(CCC#N)c2ccccc2)c1. The number of anilines is 1. The van der Waals surface area contributed by atoms with E-state index in [2.05, 4.69) is 55.1 Å². The molecular weight excluding hydrogens is 244 g/mol. The Hall–Kier alpha value is -2.27. The van der Waals surface area contributed by atoms with Gasteiger partial charge in [-0.2, -0.15) is 5.26 Å². The third-order valence-corrected chi connectivity index (χ3v) is 3.48. The summed E-state index contributed by atoms with van der Waals surface area (Å²) in [6, 6.07) is 19.1. The molecule has 0 saturated carbocycles. The van der Waals surface area contributed by atoms with Crippen molar-refractivity contribution in [3.63, 3.8) is 0 Å². The number of nitrogens with zero attached hydrogens (tertiary/aromatic N) is 2. The highest BCUT2D eigenvalue weighted by Gasteiger charge is 2.08. The second kappa shape index (κ2) is 6.77. The zero-order chi connectivity index (χ0) is 14.4. The van der Waals surface area contributed by atoms with Crippen molar-refractivity contribution in [2.45, 2.75) is 26.8 Å². The fourth-order valence-corrected chi connectivity index (χ4v) is 2.30. The summed E-state index contributed by atoms with van der Waals surface area (Å²) in [6.07, 6.45) is 0.541. The van der Waals surface area contributed by atoms with E-state index in [0.717, 1.165) is 13.1 Å². The Kier molecular flexibility index (Phi) is 4.79. The summed E-state index contributed by atoms with van der Waals surface area (Å²) in [5.41, 5.74) is 5.07. The molecule has 0 unspecified atom stereocenters. The summed E-state index contributed by atoms with van der Waals surface area (Å²) < 4.78 is 0. The van der Waals surface area contributed by atoms with Gasteiger partial charge in [0.2, 0.25) is 0 Å².